The summed E-state index contributed by atoms with van der Waals surface area (Å²) in [6, 6.07) is 7.65. The fourth-order valence-corrected chi connectivity index (χ4v) is 4.42. The summed E-state index contributed by atoms with van der Waals surface area (Å²) in [6.45, 7) is -0.512. The minimum Gasteiger partial charge on any atom is -0.338 e. The van der Waals surface area contributed by atoms with Crippen molar-refractivity contribution in [2.45, 2.75) is 24.1 Å². The number of nitrogens with zero attached hydrogens (tertiary/aromatic N) is 1. The molecule has 1 fully saturated rings. The van der Waals surface area contributed by atoms with Crippen LogP contribution < -0.4 is 10.8 Å². The fraction of sp³-hybridized carbons (Fsp3) is 0.286. The van der Waals surface area contributed by atoms with E-state index in [0.29, 0.717) is 10.0 Å². The maximum absolute atomic E-state index is 14.3. The van der Waals surface area contributed by atoms with Crippen LogP contribution in [-0.4, -0.2) is 42.9 Å². The van der Waals surface area contributed by atoms with E-state index in [1.807, 2.05) is 0 Å². The molecule has 0 saturated carbocycles. The SMILES string of the molecule is O=C(NC1CONC1=O)c1ccc(C2=NCC(c3cc(Cl)c(Br)c(Cl)c3)(C(F)(F)F)C2)cc1. The van der Waals surface area contributed by atoms with Crippen LogP contribution in [0.4, 0.5) is 13.2 Å². The minimum atomic E-state index is -4.61. The van der Waals surface area contributed by atoms with Gasteiger partial charge in [0.05, 0.1) is 21.1 Å². The van der Waals surface area contributed by atoms with E-state index >= 15 is 0 Å². The number of amides is 2. The van der Waals surface area contributed by atoms with E-state index in [1.54, 1.807) is 0 Å². The van der Waals surface area contributed by atoms with Crippen molar-refractivity contribution in [3.8, 4) is 0 Å². The number of hydroxylamine groups is 1. The number of aliphatic imine (C=N–C) groups is 1. The van der Waals surface area contributed by atoms with Crippen molar-refractivity contribution in [2.75, 3.05) is 13.2 Å². The zero-order valence-electron chi connectivity index (χ0n) is 16.6. The zero-order chi connectivity index (χ0) is 24.0. The van der Waals surface area contributed by atoms with Crippen molar-refractivity contribution >= 4 is 56.7 Å². The number of nitrogens with one attached hydrogen (secondary N) is 2. The molecule has 0 aromatic heterocycles. The van der Waals surface area contributed by atoms with E-state index in [9.17, 15) is 22.8 Å². The molecule has 33 heavy (non-hydrogen) atoms. The van der Waals surface area contributed by atoms with Gasteiger partial charge in [-0.15, -0.1) is 0 Å². The lowest BCUT2D eigenvalue weighted by molar-refractivity contribution is -0.183. The molecule has 174 valence electrons. The second kappa shape index (κ2) is 8.90. The number of carbonyl (C=O) groups is 2. The Balaban J connectivity index is 1.56. The van der Waals surface area contributed by atoms with Gasteiger partial charge in [-0.25, -0.2) is 5.48 Å². The molecule has 6 nitrogen and oxygen atoms in total. The molecule has 2 atom stereocenters. The van der Waals surface area contributed by atoms with Gasteiger partial charge in [-0.2, -0.15) is 13.2 Å². The van der Waals surface area contributed by atoms with Gasteiger partial charge in [0.1, 0.15) is 18.1 Å². The topological polar surface area (TPSA) is 79.8 Å². The number of hydrogen-bond acceptors (Lipinski definition) is 4. The summed E-state index contributed by atoms with van der Waals surface area (Å²) < 4.78 is 43.2. The zero-order valence-corrected chi connectivity index (χ0v) is 19.7. The summed E-state index contributed by atoms with van der Waals surface area (Å²) in [5.41, 5.74) is 0.733. The van der Waals surface area contributed by atoms with Gasteiger partial charge in [0.25, 0.3) is 11.8 Å². The number of alkyl halides is 3. The molecule has 2 aliphatic heterocycles. The largest absolute Gasteiger partial charge is 0.400 e. The van der Waals surface area contributed by atoms with Gasteiger partial charge in [-0.05, 0) is 51.3 Å². The normalized spacial score (nSPS) is 22.8. The lowest BCUT2D eigenvalue weighted by atomic mass is 9.76. The molecule has 2 heterocycles. The molecule has 2 N–H and O–H groups in total. The molecule has 0 radical (unpaired) electrons. The first-order valence-electron chi connectivity index (χ1n) is 9.60. The molecule has 0 bridgehead atoms. The lowest BCUT2D eigenvalue weighted by Crippen LogP contribution is -2.43. The smallest absolute Gasteiger partial charge is 0.338 e. The second-order valence-electron chi connectivity index (χ2n) is 7.65. The minimum absolute atomic E-state index is 0.00305. The predicted molar refractivity (Wildman–Crippen MR) is 120 cm³/mol. The van der Waals surface area contributed by atoms with Crippen molar-refractivity contribution in [3.63, 3.8) is 0 Å². The Morgan fingerprint density at radius 1 is 1.21 bits per heavy atom. The average Bonchev–Trinajstić information content (AvgIpc) is 3.39. The highest BCUT2D eigenvalue weighted by atomic mass is 79.9. The summed E-state index contributed by atoms with van der Waals surface area (Å²) in [5, 5.41) is 2.67. The van der Waals surface area contributed by atoms with Gasteiger partial charge in [0.2, 0.25) is 0 Å². The van der Waals surface area contributed by atoms with Crippen molar-refractivity contribution in [1.82, 2.24) is 10.8 Å². The molecule has 0 spiro atoms. The number of carbonyl (C=O) groups excluding carboxylic acids is 2. The van der Waals surface area contributed by atoms with Gasteiger partial charge < -0.3 is 5.32 Å². The highest BCUT2D eigenvalue weighted by Crippen LogP contribution is 2.49. The quantitative estimate of drug-likeness (QED) is 0.532. The van der Waals surface area contributed by atoms with E-state index in [2.05, 4.69) is 31.7 Å². The van der Waals surface area contributed by atoms with Crippen LogP contribution in [0.2, 0.25) is 10.0 Å². The monoisotopic (exact) mass is 563 g/mol. The number of rotatable bonds is 4. The molecule has 2 aromatic rings. The van der Waals surface area contributed by atoms with Crippen molar-refractivity contribution in [2.24, 2.45) is 4.99 Å². The van der Waals surface area contributed by atoms with Gasteiger partial charge in [-0.1, -0.05) is 35.3 Å². The molecular formula is C21H15BrCl2F3N3O3. The Kier molecular flexibility index (Phi) is 6.47. The standard InChI is InChI=1S/C21H15BrCl2F3N3O3/c22-17-13(23)5-12(6-14(17)24)20(21(25,26)27)7-15(28-9-20)10-1-3-11(4-2-10)18(31)29-16-8-33-30-19(16)32/h1-6,16H,7-9H2,(H,29,31)(H,30,32). The first-order valence-corrected chi connectivity index (χ1v) is 11.1. The van der Waals surface area contributed by atoms with E-state index < -0.39 is 42.4 Å². The molecule has 2 unspecified atom stereocenters. The van der Waals surface area contributed by atoms with Crippen LogP contribution in [-0.2, 0) is 15.0 Å². The lowest BCUT2D eigenvalue weighted by Gasteiger charge is -2.32. The van der Waals surface area contributed by atoms with Crippen LogP contribution in [0.5, 0.6) is 0 Å². The molecule has 1 saturated heterocycles. The Morgan fingerprint density at radius 2 is 1.85 bits per heavy atom. The molecule has 12 heteroatoms. The van der Waals surface area contributed by atoms with Crippen molar-refractivity contribution in [1.29, 1.82) is 0 Å². The molecule has 2 aromatic carbocycles. The van der Waals surface area contributed by atoms with Crippen LogP contribution >= 0.6 is 39.1 Å². The van der Waals surface area contributed by atoms with Crippen LogP contribution in [0.25, 0.3) is 0 Å². The summed E-state index contributed by atoms with van der Waals surface area (Å²) in [7, 11) is 0. The van der Waals surface area contributed by atoms with E-state index in [-0.39, 0.29) is 33.5 Å². The fourth-order valence-electron chi connectivity index (χ4n) is 3.71. The maximum atomic E-state index is 14.3. The van der Waals surface area contributed by atoms with Gasteiger partial charge >= 0.3 is 6.18 Å². The van der Waals surface area contributed by atoms with E-state index in [1.165, 1.54) is 36.4 Å². The van der Waals surface area contributed by atoms with Crippen LogP contribution in [0, 0.1) is 0 Å². The summed E-state index contributed by atoms with van der Waals surface area (Å²) in [5.74, 6) is -0.971. The average molecular weight is 565 g/mol. The Labute approximate surface area is 204 Å². The molecule has 2 aliphatic rings. The first-order chi connectivity index (χ1) is 15.5. The Morgan fingerprint density at radius 3 is 2.39 bits per heavy atom. The molecule has 0 aliphatic carbocycles. The molecular weight excluding hydrogens is 550 g/mol. The Hall–Kier alpha value is -2.14. The highest BCUT2D eigenvalue weighted by Gasteiger charge is 2.58. The third-order valence-electron chi connectivity index (χ3n) is 5.61. The number of benzene rings is 2. The second-order valence-corrected chi connectivity index (χ2v) is 9.26. The predicted octanol–water partition coefficient (Wildman–Crippen LogP) is 4.61. The molecule has 2 amide bonds. The van der Waals surface area contributed by atoms with Crippen molar-refractivity contribution < 1.29 is 27.6 Å². The van der Waals surface area contributed by atoms with E-state index in [4.69, 9.17) is 28.0 Å². The number of halogens is 6. The summed E-state index contributed by atoms with van der Waals surface area (Å²) in [4.78, 5) is 32.8. The first kappa shape index (κ1) is 24.0. The maximum Gasteiger partial charge on any atom is 0.400 e. The van der Waals surface area contributed by atoms with Gasteiger partial charge in [-0.3, -0.25) is 19.4 Å². The molecule has 4 rings (SSSR count). The van der Waals surface area contributed by atoms with Gasteiger partial charge in [0, 0.05) is 17.7 Å². The van der Waals surface area contributed by atoms with Gasteiger partial charge in [0.15, 0.2) is 0 Å². The summed E-state index contributed by atoms with van der Waals surface area (Å²) in [6.07, 6.45) is -5.02. The van der Waals surface area contributed by atoms with Crippen LogP contribution in [0.1, 0.15) is 27.9 Å². The summed E-state index contributed by atoms with van der Waals surface area (Å²) >= 11 is 15.3. The van der Waals surface area contributed by atoms with Crippen molar-refractivity contribution in [3.05, 3.63) is 67.6 Å². The highest BCUT2D eigenvalue weighted by molar-refractivity contribution is 9.10. The number of hydrogen-bond donors (Lipinski definition) is 2. The third kappa shape index (κ3) is 4.49. The van der Waals surface area contributed by atoms with Crippen LogP contribution in [0.15, 0.2) is 45.9 Å². The Bertz CT molecular complexity index is 1130. The van der Waals surface area contributed by atoms with E-state index in [0.717, 1.165) is 0 Å². The van der Waals surface area contributed by atoms with Crippen LogP contribution in [0.3, 0.4) is 0 Å². The third-order valence-corrected chi connectivity index (χ3v) is 7.52.